The molecule has 19 heavy (non-hydrogen) atoms. The third kappa shape index (κ3) is 3.32. The van der Waals surface area contributed by atoms with Crippen molar-refractivity contribution in [1.82, 2.24) is 4.98 Å². The van der Waals surface area contributed by atoms with Crippen LogP contribution in [-0.2, 0) is 6.54 Å². The summed E-state index contributed by atoms with van der Waals surface area (Å²) in [7, 11) is 0. The number of halogens is 1. The van der Waals surface area contributed by atoms with Crippen LogP contribution in [0.25, 0.3) is 0 Å². The van der Waals surface area contributed by atoms with E-state index in [2.05, 4.69) is 10.3 Å². The van der Waals surface area contributed by atoms with Crippen molar-refractivity contribution in [2.24, 2.45) is 0 Å². The Bertz CT molecular complexity index is 601. The number of nitro groups is 1. The van der Waals surface area contributed by atoms with Crippen LogP contribution in [0.3, 0.4) is 0 Å². The van der Waals surface area contributed by atoms with Crippen molar-refractivity contribution < 1.29 is 4.92 Å². The molecule has 3 N–H and O–H groups in total. The Morgan fingerprint density at radius 3 is 2.53 bits per heavy atom. The second-order valence-corrected chi connectivity index (χ2v) is 4.27. The fourth-order valence-corrected chi connectivity index (χ4v) is 1.64. The third-order valence-electron chi connectivity index (χ3n) is 2.49. The standard InChI is InChI=1S/C12H11ClN4O2/c13-9-3-1-8(2-4-9)7-15-11-6-5-10(17(18)19)12(14)16-11/h1-6H,7H2,(H3,14,15,16). The lowest BCUT2D eigenvalue weighted by Gasteiger charge is -2.06. The molecule has 0 spiro atoms. The maximum atomic E-state index is 10.6. The van der Waals surface area contributed by atoms with Gasteiger partial charge in [0.25, 0.3) is 0 Å². The fourth-order valence-electron chi connectivity index (χ4n) is 1.52. The van der Waals surface area contributed by atoms with Crippen molar-refractivity contribution >= 4 is 28.9 Å². The molecule has 0 amide bonds. The molecule has 7 heteroatoms. The van der Waals surface area contributed by atoms with Crippen LogP contribution in [0.15, 0.2) is 36.4 Å². The zero-order chi connectivity index (χ0) is 13.8. The summed E-state index contributed by atoms with van der Waals surface area (Å²) in [6, 6.07) is 10.2. The monoisotopic (exact) mass is 278 g/mol. The Kier molecular flexibility index (Phi) is 3.82. The normalized spacial score (nSPS) is 10.2. The van der Waals surface area contributed by atoms with Crippen molar-refractivity contribution in [3.05, 3.63) is 57.1 Å². The lowest BCUT2D eigenvalue weighted by atomic mass is 10.2. The Hall–Kier alpha value is -2.34. The average molecular weight is 279 g/mol. The van der Waals surface area contributed by atoms with E-state index in [1.165, 1.54) is 12.1 Å². The topological polar surface area (TPSA) is 94.1 Å². The van der Waals surface area contributed by atoms with Crippen molar-refractivity contribution in [2.45, 2.75) is 6.54 Å². The fraction of sp³-hybridized carbons (Fsp3) is 0.0833. The van der Waals surface area contributed by atoms with Crippen LogP contribution < -0.4 is 11.1 Å². The van der Waals surface area contributed by atoms with Crippen LogP contribution in [0, 0.1) is 10.1 Å². The molecular formula is C12H11ClN4O2. The molecule has 0 bridgehead atoms. The highest BCUT2D eigenvalue weighted by Gasteiger charge is 2.12. The molecule has 2 rings (SSSR count). The first kappa shape index (κ1) is 13.1. The Labute approximate surface area is 114 Å². The van der Waals surface area contributed by atoms with E-state index in [0.717, 1.165) is 5.56 Å². The first-order valence-electron chi connectivity index (χ1n) is 5.45. The minimum absolute atomic E-state index is 0.105. The van der Waals surface area contributed by atoms with Gasteiger partial charge in [0, 0.05) is 17.6 Å². The number of nitrogens with one attached hydrogen (secondary N) is 1. The average Bonchev–Trinajstić information content (AvgIpc) is 2.37. The van der Waals surface area contributed by atoms with E-state index < -0.39 is 4.92 Å². The molecule has 0 saturated heterocycles. The number of nitrogens with two attached hydrogens (primary N) is 1. The van der Waals surface area contributed by atoms with E-state index >= 15 is 0 Å². The molecule has 1 aromatic carbocycles. The molecule has 0 aliphatic rings. The summed E-state index contributed by atoms with van der Waals surface area (Å²) in [6.45, 7) is 0.529. The maximum Gasteiger partial charge on any atom is 0.311 e. The lowest BCUT2D eigenvalue weighted by Crippen LogP contribution is -2.04. The van der Waals surface area contributed by atoms with E-state index in [4.69, 9.17) is 17.3 Å². The summed E-state index contributed by atoms with van der Waals surface area (Å²) < 4.78 is 0. The molecule has 98 valence electrons. The SMILES string of the molecule is Nc1nc(NCc2ccc(Cl)cc2)ccc1[N+](=O)[O-]. The Morgan fingerprint density at radius 1 is 1.26 bits per heavy atom. The summed E-state index contributed by atoms with van der Waals surface area (Å²) in [5, 5.41) is 14.3. The maximum absolute atomic E-state index is 10.6. The van der Waals surface area contributed by atoms with Crippen LogP contribution in [0.5, 0.6) is 0 Å². The van der Waals surface area contributed by atoms with Gasteiger partial charge < -0.3 is 11.1 Å². The zero-order valence-electron chi connectivity index (χ0n) is 9.84. The summed E-state index contributed by atoms with van der Waals surface area (Å²) in [5.74, 6) is 0.379. The predicted molar refractivity (Wildman–Crippen MR) is 74.1 cm³/mol. The second-order valence-electron chi connectivity index (χ2n) is 3.84. The summed E-state index contributed by atoms with van der Waals surface area (Å²) in [5.41, 5.74) is 6.32. The zero-order valence-corrected chi connectivity index (χ0v) is 10.6. The van der Waals surface area contributed by atoms with Crippen molar-refractivity contribution in [2.75, 3.05) is 11.1 Å². The van der Waals surface area contributed by atoms with Gasteiger partial charge in [-0.25, -0.2) is 4.98 Å². The number of nitrogen functional groups attached to an aromatic ring is 1. The number of aromatic nitrogens is 1. The lowest BCUT2D eigenvalue weighted by molar-refractivity contribution is -0.384. The number of rotatable bonds is 4. The molecule has 0 unspecified atom stereocenters. The van der Waals surface area contributed by atoms with Crippen LogP contribution in [-0.4, -0.2) is 9.91 Å². The van der Waals surface area contributed by atoms with Crippen LogP contribution in [0.2, 0.25) is 5.02 Å². The summed E-state index contributed by atoms with van der Waals surface area (Å²) >= 11 is 5.78. The van der Waals surface area contributed by atoms with Gasteiger partial charge in [0.05, 0.1) is 4.92 Å². The molecule has 1 heterocycles. The molecule has 0 fully saturated rings. The highest BCUT2D eigenvalue weighted by atomic mass is 35.5. The first-order chi connectivity index (χ1) is 9.06. The first-order valence-corrected chi connectivity index (χ1v) is 5.83. The van der Waals surface area contributed by atoms with Gasteiger partial charge in [-0.2, -0.15) is 0 Å². The molecule has 0 aliphatic heterocycles. The Morgan fingerprint density at radius 2 is 1.95 bits per heavy atom. The number of benzene rings is 1. The highest BCUT2D eigenvalue weighted by molar-refractivity contribution is 6.30. The van der Waals surface area contributed by atoms with E-state index in [9.17, 15) is 10.1 Å². The van der Waals surface area contributed by atoms with Crippen LogP contribution >= 0.6 is 11.6 Å². The highest BCUT2D eigenvalue weighted by Crippen LogP contribution is 2.21. The van der Waals surface area contributed by atoms with Crippen molar-refractivity contribution in [3.63, 3.8) is 0 Å². The molecule has 1 aromatic heterocycles. The molecular weight excluding hydrogens is 268 g/mol. The molecule has 0 saturated carbocycles. The molecule has 0 radical (unpaired) electrons. The number of nitrogens with zero attached hydrogens (tertiary/aromatic N) is 2. The Balaban J connectivity index is 2.06. The van der Waals surface area contributed by atoms with E-state index in [0.29, 0.717) is 17.4 Å². The van der Waals surface area contributed by atoms with Crippen molar-refractivity contribution in [3.8, 4) is 0 Å². The molecule has 2 aromatic rings. The third-order valence-corrected chi connectivity index (χ3v) is 2.74. The van der Waals surface area contributed by atoms with Gasteiger partial charge in [-0.1, -0.05) is 23.7 Å². The minimum Gasteiger partial charge on any atom is -0.378 e. The van der Waals surface area contributed by atoms with Crippen LogP contribution in [0.1, 0.15) is 5.56 Å². The smallest absolute Gasteiger partial charge is 0.311 e. The van der Waals surface area contributed by atoms with Gasteiger partial charge in [-0.3, -0.25) is 10.1 Å². The molecule has 0 aliphatic carbocycles. The quantitative estimate of drug-likeness (QED) is 0.662. The minimum atomic E-state index is -0.564. The summed E-state index contributed by atoms with van der Waals surface area (Å²) in [4.78, 5) is 14.0. The molecule has 0 atom stereocenters. The van der Waals surface area contributed by atoms with E-state index in [-0.39, 0.29) is 11.5 Å². The van der Waals surface area contributed by atoms with Gasteiger partial charge >= 0.3 is 5.69 Å². The second kappa shape index (κ2) is 5.53. The number of anilines is 2. The van der Waals surface area contributed by atoms with E-state index in [1.54, 1.807) is 12.1 Å². The largest absolute Gasteiger partial charge is 0.378 e. The van der Waals surface area contributed by atoms with E-state index in [1.807, 2.05) is 12.1 Å². The van der Waals surface area contributed by atoms with Gasteiger partial charge in [0.2, 0.25) is 5.82 Å². The number of pyridine rings is 1. The van der Waals surface area contributed by atoms with Crippen molar-refractivity contribution in [1.29, 1.82) is 0 Å². The number of hydrogen-bond donors (Lipinski definition) is 2. The predicted octanol–water partition coefficient (Wildman–Crippen LogP) is 2.84. The van der Waals surface area contributed by atoms with Gasteiger partial charge in [-0.15, -0.1) is 0 Å². The van der Waals surface area contributed by atoms with Gasteiger partial charge in [0.15, 0.2) is 0 Å². The van der Waals surface area contributed by atoms with Gasteiger partial charge in [0.1, 0.15) is 5.82 Å². The van der Waals surface area contributed by atoms with Crippen LogP contribution in [0.4, 0.5) is 17.3 Å². The summed E-state index contributed by atoms with van der Waals surface area (Å²) in [6.07, 6.45) is 0. The molecule has 6 nitrogen and oxygen atoms in total. The number of hydrogen-bond acceptors (Lipinski definition) is 5. The van der Waals surface area contributed by atoms with Gasteiger partial charge in [-0.05, 0) is 23.8 Å².